The minimum atomic E-state index is 0.358. The molecule has 0 unspecified atom stereocenters. The highest BCUT2D eigenvalue weighted by Crippen LogP contribution is 2.55. The molecule has 2 N–H and O–H groups in total. The highest BCUT2D eigenvalue weighted by molar-refractivity contribution is 9.10. The number of aromatic nitrogens is 3. The zero-order valence-corrected chi connectivity index (χ0v) is 10.2. The molecule has 2 atom stereocenters. The van der Waals surface area contributed by atoms with Crippen LogP contribution in [0.1, 0.15) is 25.7 Å². The number of nitrogens with two attached hydrogens (primary N) is 1. The normalized spacial score (nSPS) is 29.4. The van der Waals surface area contributed by atoms with Gasteiger partial charge in [0.15, 0.2) is 4.73 Å². The lowest BCUT2D eigenvalue weighted by Gasteiger charge is -2.01. The molecule has 2 fully saturated rings. The first-order chi connectivity index (χ1) is 7.24. The molecule has 1 aromatic rings. The van der Waals surface area contributed by atoms with Crippen LogP contribution in [0.4, 0.5) is 5.95 Å². The maximum atomic E-state index is 5.51. The Balaban J connectivity index is 1.51. The Kier molecular flexibility index (Phi) is 2.23. The van der Waals surface area contributed by atoms with Gasteiger partial charge in [-0.1, -0.05) is 0 Å². The lowest BCUT2D eigenvalue weighted by molar-refractivity contribution is 0.503. The van der Waals surface area contributed by atoms with Gasteiger partial charge in [-0.2, -0.15) is 4.98 Å². The summed E-state index contributed by atoms with van der Waals surface area (Å²) in [7, 11) is 0. The predicted octanol–water partition coefficient (Wildman–Crippen LogP) is 2.06. The molecule has 1 heterocycles. The zero-order chi connectivity index (χ0) is 10.4. The Labute approximate surface area is 97.4 Å². The molecule has 4 nitrogen and oxygen atoms in total. The van der Waals surface area contributed by atoms with Crippen molar-refractivity contribution >= 4 is 21.9 Å². The highest BCUT2D eigenvalue weighted by atomic mass is 79.9. The molecule has 2 saturated carbocycles. The number of halogens is 1. The lowest BCUT2D eigenvalue weighted by Crippen LogP contribution is -2.03. The van der Waals surface area contributed by atoms with E-state index in [-0.39, 0.29) is 0 Å². The molecule has 1 aromatic heterocycles. The van der Waals surface area contributed by atoms with Gasteiger partial charge in [-0.3, -0.25) is 0 Å². The molecule has 0 bridgehead atoms. The summed E-state index contributed by atoms with van der Waals surface area (Å²) in [5.41, 5.74) is 5.51. The van der Waals surface area contributed by atoms with Crippen molar-refractivity contribution in [2.75, 3.05) is 5.73 Å². The first-order valence-electron chi connectivity index (χ1n) is 5.60. The van der Waals surface area contributed by atoms with Crippen LogP contribution < -0.4 is 5.73 Å². The topological polar surface area (TPSA) is 56.7 Å². The van der Waals surface area contributed by atoms with Crippen LogP contribution in [-0.2, 0) is 6.54 Å². The second-order valence-electron chi connectivity index (χ2n) is 4.75. The van der Waals surface area contributed by atoms with Gasteiger partial charge in [0.2, 0.25) is 5.95 Å². The van der Waals surface area contributed by atoms with Crippen LogP contribution >= 0.6 is 15.9 Å². The van der Waals surface area contributed by atoms with Gasteiger partial charge in [0.25, 0.3) is 0 Å². The van der Waals surface area contributed by atoms with Gasteiger partial charge in [-0.05, 0) is 59.4 Å². The second kappa shape index (κ2) is 3.47. The number of rotatable bonds is 4. The minimum Gasteiger partial charge on any atom is -0.366 e. The number of hydrogen-bond acceptors (Lipinski definition) is 3. The molecular formula is C10H15BrN4. The fourth-order valence-corrected chi connectivity index (χ4v) is 2.91. The summed E-state index contributed by atoms with van der Waals surface area (Å²) in [6.07, 6.45) is 5.61. The van der Waals surface area contributed by atoms with Crippen molar-refractivity contribution in [1.29, 1.82) is 0 Å². The molecule has 15 heavy (non-hydrogen) atoms. The average Bonchev–Trinajstić information content (AvgIpc) is 3.04. The van der Waals surface area contributed by atoms with Crippen molar-refractivity contribution in [2.24, 2.45) is 17.8 Å². The van der Waals surface area contributed by atoms with E-state index >= 15 is 0 Å². The number of anilines is 1. The van der Waals surface area contributed by atoms with Crippen LogP contribution in [0.25, 0.3) is 0 Å². The van der Waals surface area contributed by atoms with E-state index in [1.165, 1.54) is 25.7 Å². The first kappa shape index (κ1) is 9.63. The average molecular weight is 271 g/mol. The molecule has 0 spiro atoms. The summed E-state index contributed by atoms with van der Waals surface area (Å²) in [6, 6.07) is 0. The molecule has 0 saturated heterocycles. The molecule has 0 radical (unpaired) electrons. The molecule has 2 aliphatic carbocycles. The van der Waals surface area contributed by atoms with E-state index in [4.69, 9.17) is 5.73 Å². The molecule has 2 aliphatic rings. The number of aryl methyl sites for hydroxylation is 1. The molecule has 0 amide bonds. The van der Waals surface area contributed by atoms with E-state index in [0.717, 1.165) is 29.0 Å². The summed E-state index contributed by atoms with van der Waals surface area (Å²) in [6.45, 7) is 0.943. The summed E-state index contributed by atoms with van der Waals surface area (Å²) in [4.78, 5) is 4.02. The smallest absolute Gasteiger partial charge is 0.240 e. The maximum absolute atomic E-state index is 5.51. The Morgan fingerprint density at radius 1 is 1.47 bits per heavy atom. The van der Waals surface area contributed by atoms with Gasteiger partial charge in [-0.15, -0.1) is 5.10 Å². The summed E-state index contributed by atoms with van der Waals surface area (Å²) in [5, 5.41) is 4.13. The third kappa shape index (κ3) is 2.02. The molecule has 3 rings (SSSR count). The van der Waals surface area contributed by atoms with E-state index in [1.54, 1.807) is 0 Å². The largest absolute Gasteiger partial charge is 0.366 e. The second-order valence-corrected chi connectivity index (χ2v) is 5.46. The maximum Gasteiger partial charge on any atom is 0.240 e. The molecule has 0 aromatic carbocycles. The first-order valence-corrected chi connectivity index (χ1v) is 6.39. The monoisotopic (exact) mass is 270 g/mol. The zero-order valence-electron chi connectivity index (χ0n) is 8.56. The van der Waals surface area contributed by atoms with Crippen molar-refractivity contribution in [2.45, 2.75) is 32.2 Å². The molecule has 0 aliphatic heterocycles. The van der Waals surface area contributed by atoms with E-state index < -0.39 is 0 Å². The van der Waals surface area contributed by atoms with E-state index in [0.29, 0.717) is 5.95 Å². The van der Waals surface area contributed by atoms with Crippen LogP contribution in [0.2, 0.25) is 0 Å². The SMILES string of the molecule is Nc1nc(Br)n(CC[C@@H]2C[C@H]2C2CC2)n1. The van der Waals surface area contributed by atoms with Crippen LogP contribution in [0.5, 0.6) is 0 Å². The van der Waals surface area contributed by atoms with Crippen LogP contribution in [0, 0.1) is 17.8 Å². The Hall–Kier alpha value is -0.580. The van der Waals surface area contributed by atoms with E-state index in [2.05, 4.69) is 26.0 Å². The number of hydrogen-bond donors (Lipinski definition) is 1. The van der Waals surface area contributed by atoms with Crippen LogP contribution in [-0.4, -0.2) is 14.8 Å². The third-order valence-electron chi connectivity index (χ3n) is 3.56. The predicted molar refractivity (Wildman–Crippen MR) is 61.1 cm³/mol. The number of nitrogens with zero attached hydrogens (tertiary/aromatic N) is 3. The lowest BCUT2D eigenvalue weighted by atomic mass is 10.2. The van der Waals surface area contributed by atoms with Gasteiger partial charge in [-0.25, -0.2) is 4.68 Å². The third-order valence-corrected chi connectivity index (χ3v) is 4.15. The van der Waals surface area contributed by atoms with Crippen molar-refractivity contribution < 1.29 is 0 Å². The summed E-state index contributed by atoms with van der Waals surface area (Å²) < 4.78 is 2.61. The Morgan fingerprint density at radius 3 is 2.87 bits per heavy atom. The Morgan fingerprint density at radius 2 is 2.27 bits per heavy atom. The van der Waals surface area contributed by atoms with Gasteiger partial charge in [0, 0.05) is 6.54 Å². The summed E-state index contributed by atoms with van der Waals surface area (Å²) >= 11 is 3.35. The standard InChI is InChI=1S/C10H15BrN4/c11-9-13-10(12)14-15(9)4-3-7-5-8(7)6-1-2-6/h6-8H,1-5H2,(H2,12,14)/t7-,8+/m1/s1. The van der Waals surface area contributed by atoms with Gasteiger partial charge < -0.3 is 5.73 Å². The minimum absolute atomic E-state index is 0.358. The molecule has 5 heteroatoms. The van der Waals surface area contributed by atoms with Gasteiger partial charge in [0.05, 0.1) is 0 Å². The van der Waals surface area contributed by atoms with Crippen molar-refractivity contribution in [3.8, 4) is 0 Å². The quantitative estimate of drug-likeness (QED) is 0.911. The van der Waals surface area contributed by atoms with Gasteiger partial charge >= 0.3 is 0 Å². The van der Waals surface area contributed by atoms with Crippen molar-refractivity contribution in [3.63, 3.8) is 0 Å². The molecular weight excluding hydrogens is 256 g/mol. The van der Waals surface area contributed by atoms with Crippen LogP contribution in [0.3, 0.4) is 0 Å². The van der Waals surface area contributed by atoms with Crippen LogP contribution in [0.15, 0.2) is 4.73 Å². The van der Waals surface area contributed by atoms with E-state index in [1.807, 2.05) is 4.68 Å². The Bertz CT molecular complexity index is 371. The van der Waals surface area contributed by atoms with E-state index in [9.17, 15) is 0 Å². The molecule has 82 valence electrons. The highest BCUT2D eigenvalue weighted by Gasteiger charge is 2.46. The summed E-state index contributed by atoms with van der Waals surface area (Å²) in [5.74, 6) is 3.40. The van der Waals surface area contributed by atoms with Crippen molar-refractivity contribution in [3.05, 3.63) is 4.73 Å². The fourth-order valence-electron chi connectivity index (χ4n) is 2.47. The fraction of sp³-hybridized carbons (Fsp3) is 0.800. The number of nitrogen functional groups attached to an aromatic ring is 1. The van der Waals surface area contributed by atoms with Gasteiger partial charge in [0.1, 0.15) is 0 Å². The van der Waals surface area contributed by atoms with Crippen molar-refractivity contribution in [1.82, 2.24) is 14.8 Å².